The lowest BCUT2D eigenvalue weighted by molar-refractivity contribution is -0.0450. The third kappa shape index (κ3) is 4.18. The summed E-state index contributed by atoms with van der Waals surface area (Å²) < 4.78 is 6.29. The Kier molecular flexibility index (Phi) is 5.00. The number of hydrogen-bond donors (Lipinski definition) is 2. The van der Waals surface area contributed by atoms with E-state index in [1.165, 1.54) is 0 Å². The molecule has 4 aliphatic carbocycles. The molecule has 6 rings (SSSR count). The molecule has 0 aromatic carbocycles. The predicted molar refractivity (Wildman–Crippen MR) is 118 cm³/mol. The Balaban J connectivity index is 1.32. The minimum absolute atomic E-state index is 0.162. The van der Waals surface area contributed by atoms with E-state index in [4.69, 9.17) is 4.74 Å². The second-order valence-electron chi connectivity index (χ2n) is 9.47. The van der Waals surface area contributed by atoms with Crippen molar-refractivity contribution in [3.8, 4) is 5.88 Å². The Morgan fingerprint density at radius 3 is 2.48 bits per heavy atom. The molecule has 162 valence electrons. The number of aryl methyl sites for hydroxylation is 1. The van der Waals surface area contributed by atoms with E-state index in [2.05, 4.69) is 36.5 Å². The maximum atomic E-state index is 13.0. The number of ether oxygens (including phenoxy) is 1. The molecule has 2 amide bonds. The molecule has 2 aromatic rings. The van der Waals surface area contributed by atoms with Gasteiger partial charge in [-0.05, 0) is 75.5 Å². The van der Waals surface area contributed by atoms with Gasteiger partial charge in [-0.15, -0.1) is 0 Å². The van der Waals surface area contributed by atoms with E-state index in [1.54, 1.807) is 24.4 Å². The van der Waals surface area contributed by atoms with E-state index < -0.39 is 6.09 Å². The van der Waals surface area contributed by atoms with Gasteiger partial charge in [0.1, 0.15) is 5.69 Å². The van der Waals surface area contributed by atoms with Gasteiger partial charge in [-0.1, -0.05) is 22.0 Å². The number of amides is 2. The van der Waals surface area contributed by atoms with Crippen molar-refractivity contribution in [1.82, 2.24) is 20.6 Å². The van der Waals surface area contributed by atoms with E-state index in [9.17, 15) is 9.59 Å². The number of halogens is 1. The number of carbonyl (C=O) groups excluding carboxylic acids is 2. The Labute approximate surface area is 189 Å². The Morgan fingerprint density at radius 2 is 1.81 bits per heavy atom. The van der Waals surface area contributed by atoms with Crippen LogP contribution in [0, 0.1) is 18.8 Å². The molecule has 2 atom stereocenters. The lowest BCUT2D eigenvalue weighted by atomic mass is 9.50. The summed E-state index contributed by atoms with van der Waals surface area (Å²) in [4.78, 5) is 34.2. The van der Waals surface area contributed by atoms with Gasteiger partial charge in [-0.25, -0.2) is 9.78 Å². The standard InChI is InChI=1S/C23H25BrN4O3/c1-14-3-2-4-19(26-14)31-21(30)28-23-11-15-7-16(12-23)10-22(9-15,13-23)27-20(29)18-8-17(24)5-6-25-18/h2-6,8,15-16H,7,9-13H2,1H3,(H,27,29)(H,28,30). The van der Waals surface area contributed by atoms with Crippen molar-refractivity contribution >= 4 is 27.9 Å². The summed E-state index contributed by atoms with van der Waals surface area (Å²) in [6.07, 6.45) is 6.75. The van der Waals surface area contributed by atoms with Crippen molar-refractivity contribution in [2.75, 3.05) is 0 Å². The van der Waals surface area contributed by atoms with Gasteiger partial charge in [-0.2, -0.15) is 0 Å². The number of hydrogen-bond acceptors (Lipinski definition) is 5. The monoisotopic (exact) mass is 484 g/mol. The van der Waals surface area contributed by atoms with E-state index in [0.717, 1.165) is 42.3 Å². The molecule has 4 bridgehead atoms. The van der Waals surface area contributed by atoms with Crippen LogP contribution in [-0.2, 0) is 0 Å². The van der Waals surface area contributed by atoms with Gasteiger partial charge in [0, 0.05) is 33.5 Å². The first-order chi connectivity index (χ1) is 14.8. The van der Waals surface area contributed by atoms with Crippen LogP contribution in [0.2, 0.25) is 0 Å². The largest absolute Gasteiger partial charge is 0.414 e. The molecule has 7 nitrogen and oxygen atoms in total. The maximum absolute atomic E-state index is 13.0. The highest BCUT2D eigenvalue weighted by molar-refractivity contribution is 9.10. The van der Waals surface area contributed by atoms with Crippen molar-refractivity contribution in [3.63, 3.8) is 0 Å². The summed E-state index contributed by atoms with van der Waals surface area (Å²) in [5, 5.41) is 6.46. The molecular weight excluding hydrogens is 460 g/mol. The lowest BCUT2D eigenvalue weighted by Crippen LogP contribution is -2.70. The van der Waals surface area contributed by atoms with Crippen LogP contribution in [0.1, 0.15) is 54.7 Å². The summed E-state index contributed by atoms with van der Waals surface area (Å²) >= 11 is 3.40. The highest BCUT2D eigenvalue weighted by Crippen LogP contribution is 2.57. The molecule has 2 aromatic heterocycles. The quantitative estimate of drug-likeness (QED) is 0.679. The fourth-order valence-electron chi connectivity index (χ4n) is 6.30. The SMILES string of the molecule is Cc1cccc(OC(=O)NC23CC4CC(C2)CC(NC(=O)c2cc(Br)ccn2)(C4)C3)n1. The number of rotatable bonds is 4. The van der Waals surface area contributed by atoms with Gasteiger partial charge >= 0.3 is 6.09 Å². The first-order valence-electron chi connectivity index (χ1n) is 10.7. The first kappa shape index (κ1) is 20.4. The van der Waals surface area contributed by atoms with Crippen LogP contribution in [0.15, 0.2) is 41.0 Å². The molecule has 2 heterocycles. The van der Waals surface area contributed by atoms with Crippen molar-refractivity contribution in [2.24, 2.45) is 11.8 Å². The normalized spacial score (nSPS) is 30.6. The van der Waals surface area contributed by atoms with Crippen molar-refractivity contribution < 1.29 is 14.3 Å². The molecule has 31 heavy (non-hydrogen) atoms. The van der Waals surface area contributed by atoms with Gasteiger partial charge < -0.3 is 15.4 Å². The number of carbonyl (C=O) groups is 2. The van der Waals surface area contributed by atoms with E-state index in [0.29, 0.717) is 29.8 Å². The van der Waals surface area contributed by atoms with Crippen molar-refractivity contribution in [2.45, 2.75) is 56.5 Å². The molecule has 0 aliphatic heterocycles. The minimum atomic E-state index is -0.477. The molecular formula is C23H25BrN4O3. The second-order valence-corrected chi connectivity index (χ2v) is 10.4. The summed E-state index contributed by atoms with van der Waals surface area (Å²) in [5.41, 5.74) is 0.517. The van der Waals surface area contributed by atoms with E-state index >= 15 is 0 Å². The predicted octanol–water partition coefficient (Wildman–Crippen LogP) is 4.16. The van der Waals surface area contributed by atoms with E-state index in [1.807, 2.05) is 19.1 Å². The van der Waals surface area contributed by atoms with Crippen LogP contribution in [-0.4, -0.2) is 33.0 Å². The third-order valence-electron chi connectivity index (χ3n) is 6.82. The first-order valence-corrected chi connectivity index (χ1v) is 11.5. The van der Waals surface area contributed by atoms with Gasteiger partial charge in [0.05, 0.1) is 0 Å². The molecule has 2 N–H and O–H groups in total. The average Bonchev–Trinajstić information content (AvgIpc) is 2.66. The number of nitrogens with zero attached hydrogens (tertiary/aromatic N) is 2. The number of nitrogens with one attached hydrogen (secondary N) is 2. The Hall–Kier alpha value is -2.48. The van der Waals surface area contributed by atoms with E-state index in [-0.39, 0.29) is 17.0 Å². The van der Waals surface area contributed by atoms with Crippen LogP contribution in [0.25, 0.3) is 0 Å². The zero-order valence-electron chi connectivity index (χ0n) is 17.4. The molecule has 2 unspecified atom stereocenters. The fourth-order valence-corrected chi connectivity index (χ4v) is 6.64. The highest BCUT2D eigenvalue weighted by Gasteiger charge is 2.59. The summed E-state index contributed by atoms with van der Waals surface area (Å²) in [6, 6.07) is 8.89. The topological polar surface area (TPSA) is 93.2 Å². The van der Waals surface area contributed by atoms with Crippen LogP contribution >= 0.6 is 15.9 Å². The van der Waals surface area contributed by atoms with Crippen molar-refractivity contribution in [1.29, 1.82) is 0 Å². The molecule has 4 aliphatic rings. The van der Waals surface area contributed by atoms with Gasteiger partial charge in [0.25, 0.3) is 5.91 Å². The molecule has 8 heteroatoms. The fraction of sp³-hybridized carbons (Fsp3) is 0.478. The Bertz CT molecular complexity index is 1030. The average molecular weight is 485 g/mol. The summed E-state index contributed by atoms with van der Waals surface area (Å²) in [6.45, 7) is 1.86. The highest BCUT2D eigenvalue weighted by atomic mass is 79.9. The van der Waals surface area contributed by atoms with Gasteiger partial charge in [0.15, 0.2) is 0 Å². The van der Waals surface area contributed by atoms with Gasteiger partial charge in [0.2, 0.25) is 5.88 Å². The molecule has 0 spiro atoms. The minimum Gasteiger partial charge on any atom is -0.391 e. The van der Waals surface area contributed by atoms with Crippen molar-refractivity contribution in [3.05, 3.63) is 52.4 Å². The lowest BCUT2D eigenvalue weighted by Gasteiger charge is -2.61. The van der Waals surface area contributed by atoms with Crippen LogP contribution in [0.5, 0.6) is 5.88 Å². The molecule has 4 saturated carbocycles. The Morgan fingerprint density at radius 1 is 1.10 bits per heavy atom. The maximum Gasteiger partial charge on any atom is 0.414 e. The third-order valence-corrected chi connectivity index (χ3v) is 7.31. The zero-order valence-corrected chi connectivity index (χ0v) is 18.9. The van der Waals surface area contributed by atoms with Crippen LogP contribution in [0.3, 0.4) is 0 Å². The molecule has 0 saturated heterocycles. The smallest absolute Gasteiger partial charge is 0.391 e. The number of aromatic nitrogens is 2. The summed E-state index contributed by atoms with van der Waals surface area (Å²) in [7, 11) is 0. The van der Waals surface area contributed by atoms with Crippen LogP contribution < -0.4 is 15.4 Å². The molecule has 0 radical (unpaired) electrons. The van der Waals surface area contributed by atoms with Gasteiger partial charge in [-0.3, -0.25) is 9.78 Å². The second kappa shape index (κ2) is 7.58. The number of pyridine rings is 2. The zero-order chi connectivity index (χ0) is 21.6. The summed E-state index contributed by atoms with van der Waals surface area (Å²) in [5.74, 6) is 1.10. The molecule has 4 fully saturated rings. The van der Waals surface area contributed by atoms with Crippen LogP contribution in [0.4, 0.5) is 4.79 Å².